The van der Waals surface area contributed by atoms with Crippen LogP contribution in [0, 0.1) is 12.7 Å². The molecule has 84 valence electrons. The van der Waals surface area contributed by atoms with Gasteiger partial charge < -0.3 is 5.73 Å². The molecule has 0 saturated carbocycles. The molecular weight excluding hydrogens is 245 g/mol. The van der Waals surface area contributed by atoms with E-state index in [2.05, 4.69) is 0 Å². The first kappa shape index (κ1) is 11.6. The zero-order valence-electron chi connectivity index (χ0n) is 8.71. The van der Waals surface area contributed by atoms with Crippen LogP contribution in [0.5, 0.6) is 0 Å². The summed E-state index contributed by atoms with van der Waals surface area (Å²) >= 11 is 7.33. The smallest absolute Gasteiger partial charge is 0.141 e. The molecule has 1 atom stereocenters. The van der Waals surface area contributed by atoms with Gasteiger partial charge in [0, 0.05) is 4.88 Å². The molecule has 0 aliphatic heterocycles. The first-order valence-corrected chi connectivity index (χ1v) is 6.10. The zero-order valence-corrected chi connectivity index (χ0v) is 10.3. The van der Waals surface area contributed by atoms with Crippen LogP contribution in [-0.4, -0.2) is 0 Å². The minimum Gasteiger partial charge on any atom is -0.320 e. The summed E-state index contributed by atoms with van der Waals surface area (Å²) in [5.74, 6) is -0.416. The molecule has 1 aromatic carbocycles. The second kappa shape index (κ2) is 4.53. The van der Waals surface area contributed by atoms with E-state index >= 15 is 0 Å². The first-order chi connectivity index (χ1) is 7.59. The molecule has 4 heteroatoms. The molecule has 2 N–H and O–H groups in total. The Labute approximate surface area is 103 Å². The number of halogens is 2. The largest absolute Gasteiger partial charge is 0.320 e. The van der Waals surface area contributed by atoms with Crippen molar-refractivity contribution in [3.05, 3.63) is 56.5 Å². The van der Waals surface area contributed by atoms with Crippen molar-refractivity contribution in [2.45, 2.75) is 13.0 Å². The van der Waals surface area contributed by atoms with Crippen LogP contribution < -0.4 is 5.73 Å². The SMILES string of the molecule is Cc1ccsc1C(N)c1ccc(F)c(Cl)c1. The number of hydrogen-bond donors (Lipinski definition) is 1. The van der Waals surface area contributed by atoms with Crippen molar-refractivity contribution in [3.8, 4) is 0 Å². The quantitative estimate of drug-likeness (QED) is 0.866. The van der Waals surface area contributed by atoms with Crippen LogP contribution in [0.1, 0.15) is 22.0 Å². The molecule has 16 heavy (non-hydrogen) atoms. The van der Waals surface area contributed by atoms with Crippen LogP contribution in [0.2, 0.25) is 5.02 Å². The van der Waals surface area contributed by atoms with Gasteiger partial charge in [-0.25, -0.2) is 4.39 Å². The molecule has 1 aromatic heterocycles. The Bertz CT molecular complexity index is 509. The topological polar surface area (TPSA) is 26.0 Å². The van der Waals surface area contributed by atoms with Crippen LogP contribution in [0.4, 0.5) is 4.39 Å². The van der Waals surface area contributed by atoms with Crippen LogP contribution in [0.15, 0.2) is 29.6 Å². The lowest BCUT2D eigenvalue weighted by Crippen LogP contribution is -2.11. The van der Waals surface area contributed by atoms with Gasteiger partial charge in [0.25, 0.3) is 0 Å². The Kier molecular flexibility index (Phi) is 3.28. The van der Waals surface area contributed by atoms with Crippen LogP contribution in [0.3, 0.4) is 0 Å². The predicted molar refractivity (Wildman–Crippen MR) is 66.5 cm³/mol. The molecule has 0 bridgehead atoms. The van der Waals surface area contributed by atoms with Gasteiger partial charge in [0.05, 0.1) is 11.1 Å². The van der Waals surface area contributed by atoms with E-state index in [-0.39, 0.29) is 11.1 Å². The summed E-state index contributed by atoms with van der Waals surface area (Å²) in [6.45, 7) is 2.01. The van der Waals surface area contributed by atoms with Gasteiger partial charge in [-0.3, -0.25) is 0 Å². The highest BCUT2D eigenvalue weighted by atomic mass is 35.5. The third-order valence-corrected chi connectivity index (χ3v) is 3.88. The van der Waals surface area contributed by atoms with Crippen molar-refractivity contribution in [3.63, 3.8) is 0 Å². The number of hydrogen-bond acceptors (Lipinski definition) is 2. The van der Waals surface area contributed by atoms with Gasteiger partial charge >= 0.3 is 0 Å². The Hall–Kier alpha value is -0.900. The molecule has 0 aliphatic rings. The van der Waals surface area contributed by atoms with E-state index in [4.69, 9.17) is 17.3 Å². The van der Waals surface area contributed by atoms with Crippen LogP contribution in [-0.2, 0) is 0 Å². The molecule has 0 aliphatic carbocycles. The Balaban J connectivity index is 2.38. The number of thiophene rings is 1. The molecule has 0 spiro atoms. The highest BCUT2D eigenvalue weighted by molar-refractivity contribution is 7.10. The standard InChI is InChI=1S/C12H11ClFNS/c1-7-4-5-16-12(7)11(15)8-2-3-10(14)9(13)6-8/h2-6,11H,15H2,1H3. The van der Waals surface area contributed by atoms with Crippen molar-refractivity contribution >= 4 is 22.9 Å². The van der Waals surface area contributed by atoms with Crippen LogP contribution >= 0.6 is 22.9 Å². The lowest BCUT2D eigenvalue weighted by atomic mass is 10.0. The third-order valence-electron chi connectivity index (χ3n) is 2.49. The highest BCUT2D eigenvalue weighted by Gasteiger charge is 2.14. The summed E-state index contributed by atoms with van der Waals surface area (Å²) in [6.07, 6.45) is 0. The molecule has 1 heterocycles. The van der Waals surface area contributed by atoms with Crippen molar-refractivity contribution in [1.82, 2.24) is 0 Å². The predicted octanol–water partition coefficient (Wildman–Crippen LogP) is 3.90. The minimum absolute atomic E-state index is 0.113. The molecule has 1 nitrogen and oxygen atoms in total. The summed E-state index contributed by atoms with van der Waals surface area (Å²) in [7, 11) is 0. The Morgan fingerprint density at radius 3 is 2.69 bits per heavy atom. The number of aryl methyl sites for hydroxylation is 1. The maximum absolute atomic E-state index is 13.0. The number of rotatable bonds is 2. The van der Waals surface area contributed by atoms with E-state index < -0.39 is 5.82 Å². The molecule has 2 aromatic rings. The van der Waals surface area contributed by atoms with E-state index in [0.29, 0.717) is 0 Å². The Morgan fingerprint density at radius 1 is 1.38 bits per heavy atom. The average molecular weight is 256 g/mol. The number of benzene rings is 1. The lowest BCUT2D eigenvalue weighted by molar-refractivity contribution is 0.627. The number of nitrogens with two attached hydrogens (primary N) is 1. The minimum atomic E-state index is -0.416. The summed E-state index contributed by atoms with van der Waals surface area (Å²) in [5, 5.41) is 2.11. The van der Waals surface area contributed by atoms with Gasteiger partial charge in [0.15, 0.2) is 0 Å². The first-order valence-electron chi connectivity index (χ1n) is 4.84. The fourth-order valence-corrected chi connectivity index (χ4v) is 2.70. The maximum atomic E-state index is 13.0. The van der Waals surface area contributed by atoms with E-state index in [9.17, 15) is 4.39 Å². The van der Waals surface area contributed by atoms with Crippen molar-refractivity contribution in [2.75, 3.05) is 0 Å². The zero-order chi connectivity index (χ0) is 11.7. The summed E-state index contributed by atoms with van der Waals surface area (Å²) in [4.78, 5) is 1.09. The molecule has 0 radical (unpaired) electrons. The lowest BCUT2D eigenvalue weighted by Gasteiger charge is -2.12. The highest BCUT2D eigenvalue weighted by Crippen LogP contribution is 2.29. The van der Waals surface area contributed by atoms with Gasteiger partial charge in [-0.15, -0.1) is 11.3 Å². The summed E-state index contributed by atoms with van der Waals surface area (Å²) < 4.78 is 13.0. The molecule has 0 fully saturated rings. The second-order valence-corrected chi connectivity index (χ2v) is 4.97. The molecule has 0 saturated heterocycles. The summed E-state index contributed by atoms with van der Waals surface area (Å²) in [5.41, 5.74) is 8.09. The maximum Gasteiger partial charge on any atom is 0.141 e. The van der Waals surface area contributed by atoms with E-state index in [1.165, 1.54) is 6.07 Å². The van der Waals surface area contributed by atoms with Crippen molar-refractivity contribution in [2.24, 2.45) is 5.73 Å². The fourth-order valence-electron chi connectivity index (χ4n) is 1.56. The molecule has 1 unspecified atom stereocenters. The van der Waals surface area contributed by atoms with E-state index in [1.807, 2.05) is 18.4 Å². The van der Waals surface area contributed by atoms with Gasteiger partial charge in [0.1, 0.15) is 5.82 Å². The molecule has 2 rings (SSSR count). The monoisotopic (exact) mass is 255 g/mol. The second-order valence-electron chi connectivity index (χ2n) is 3.62. The van der Waals surface area contributed by atoms with E-state index in [1.54, 1.807) is 23.5 Å². The molecular formula is C12H11ClFNS. The van der Waals surface area contributed by atoms with Crippen molar-refractivity contribution in [1.29, 1.82) is 0 Å². The Morgan fingerprint density at radius 2 is 2.12 bits per heavy atom. The third kappa shape index (κ3) is 2.12. The van der Waals surface area contributed by atoms with Crippen molar-refractivity contribution < 1.29 is 4.39 Å². The normalized spacial score (nSPS) is 12.8. The van der Waals surface area contributed by atoms with Gasteiger partial charge in [0.2, 0.25) is 0 Å². The van der Waals surface area contributed by atoms with Gasteiger partial charge in [-0.2, -0.15) is 0 Å². The average Bonchev–Trinajstić information content (AvgIpc) is 2.67. The molecule has 0 amide bonds. The van der Waals surface area contributed by atoms with Gasteiger partial charge in [-0.1, -0.05) is 17.7 Å². The summed E-state index contributed by atoms with van der Waals surface area (Å²) in [6, 6.07) is 6.38. The fraction of sp³-hybridized carbons (Fsp3) is 0.167. The van der Waals surface area contributed by atoms with Gasteiger partial charge in [-0.05, 0) is 41.6 Å². The van der Waals surface area contributed by atoms with Crippen LogP contribution in [0.25, 0.3) is 0 Å². The van der Waals surface area contributed by atoms with E-state index in [0.717, 1.165) is 16.0 Å².